The molecule has 4 heteroatoms. The van der Waals surface area contributed by atoms with Crippen LogP contribution in [0.3, 0.4) is 0 Å². The maximum Gasteiger partial charge on any atom is 0.0991 e. The van der Waals surface area contributed by atoms with Crippen molar-refractivity contribution in [1.29, 1.82) is 5.26 Å². The van der Waals surface area contributed by atoms with Gasteiger partial charge in [0.1, 0.15) is 0 Å². The molecule has 0 heterocycles. The zero-order valence-electron chi connectivity index (χ0n) is 10.9. The summed E-state index contributed by atoms with van der Waals surface area (Å²) in [6.07, 6.45) is 0.636. The minimum atomic E-state index is -0.239. The van der Waals surface area contributed by atoms with E-state index in [1.807, 2.05) is 19.1 Å². The van der Waals surface area contributed by atoms with Crippen molar-refractivity contribution < 1.29 is 9.84 Å². The second-order valence-electron chi connectivity index (χ2n) is 4.63. The van der Waals surface area contributed by atoms with E-state index in [4.69, 9.17) is 15.1 Å². The molecule has 0 bridgehead atoms. The smallest absolute Gasteiger partial charge is 0.0991 e. The Bertz CT molecular complexity index is 389. The normalized spacial score (nSPS) is 13.9. The van der Waals surface area contributed by atoms with Gasteiger partial charge in [0.25, 0.3) is 0 Å². The third-order valence-electron chi connectivity index (χ3n) is 2.93. The van der Waals surface area contributed by atoms with Crippen molar-refractivity contribution in [3.63, 3.8) is 0 Å². The number of aliphatic hydroxyl groups excluding tert-OH is 1. The molecule has 0 saturated carbocycles. The lowest BCUT2D eigenvalue weighted by atomic mass is 9.99. The molecule has 18 heavy (non-hydrogen) atoms. The van der Waals surface area contributed by atoms with E-state index in [2.05, 4.69) is 11.4 Å². The van der Waals surface area contributed by atoms with E-state index in [-0.39, 0.29) is 12.1 Å². The molecule has 1 rings (SSSR count). The first kappa shape index (κ1) is 14.7. The van der Waals surface area contributed by atoms with E-state index in [1.54, 1.807) is 19.2 Å². The number of benzene rings is 1. The van der Waals surface area contributed by atoms with Crippen molar-refractivity contribution in [3.8, 4) is 6.07 Å². The van der Waals surface area contributed by atoms with Crippen LogP contribution in [0, 0.1) is 11.3 Å². The molecule has 0 radical (unpaired) electrons. The van der Waals surface area contributed by atoms with Crippen molar-refractivity contribution in [3.05, 3.63) is 35.4 Å². The highest BCUT2D eigenvalue weighted by molar-refractivity contribution is 5.31. The summed E-state index contributed by atoms with van der Waals surface area (Å²) in [6, 6.07) is 9.55. The summed E-state index contributed by atoms with van der Waals surface area (Å²) in [5, 5.41) is 21.2. The molecule has 4 nitrogen and oxygen atoms in total. The summed E-state index contributed by atoms with van der Waals surface area (Å²) in [6.45, 7) is 3.38. The first-order valence-electron chi connectivity index (χ1n) is 5.97. The highest BCUT2D eigenvalue weighted by Crippen LogP contribution is 2.12. The Labute approximate surface area is 108 Å². The zero-order chi connectivity index (χ0) is 13.4. The van der Waals surface area contributed by atoms with Crippen LogP contribution >= 0.6 is 0 Å². The molecule has 1 unspecified atom stereocenters. The summed E-state index contributed by atoms with van der Waals surface area (Å²) >= 11 is 0. The van der Waals surface area contributed by atoms with E-state index in [9.17, 15) is 0 Å². The van der Waals surface area contributed by atoms with Gasteiger partial charge in [0.05, 0.1) is 18.2 Å². The molecule has 0 aliphatic carbocycles. The topological polar surface area (TPSA) is 65.3 Å². The van der Waals surface area contributed by atoms with Crippen LogP contribution in [0.5, 0.6) is 0 Å². The Morgan fingerprint density at radius 3 is 2.56 bits per heavy atom. The number of rotatable bonds is 7. The second-order valence-corrected chi connectivity index (χ2v) is 4.63. The van der Waals surface area contributed by atoms with Gasteiger partial charge < -0.3 is 15.2 Å². The molecule has 0 aliphatic heterocycles. The van der Waals surface area contributed by atoms with Crippen LogP contribution in [0.15, 0.2) is 24.3 Å². The minimum absolute atomic E-state index is 0.125. The molecule has 0 saturated heterocycles. The molecular weight excluding hydrogens is 228 g/mol. The van der Waals surface area contributed by atoms with Gasteiger partial charge in [-0.2, -0.15) is 5.26 Å². The Hall–Kier alpha value is -1.41. The lowest BCUT2D eigenvalue weighted by Gasteiger charge is -2.29. The average Bonchev–Trinajstić information content (AvgIpc) is 2.38. The number of methoxy groups -OCH3 is 1. The number of nitriles is 1. The number of hydrogen-bond acceptors (Lipinski definition) is 4. The molecule has 0 fully saturated rings. The number of hydrogen-bond donors (Lipinski definition) is 2. The van der Waals surface area contributed by atoms with Gasteiger partial charge in [0, 0.05) is 25.8 Å². The van der Waals surface area contributed by atoms with Crippen molar-refractivity contribution >= 4 is 0 Å². The average molecular weight is 248 g/mol. The van der Waals surface area contributed by atoms with Crippen molar-refractivity contribution in [2.75, 3.05) is 20.3 Å². The Morgan fingerprint density at radius 2 is 2.06 bits per heavy atom. The number of nitrogens with zero attached hydrogens (tertiary/aromatic N) is 1. The molecule has 2 N–H and O–H groups in total. The van der Waals surface area contributed by atoms with Gasteiger partial charge in [0.2, 0.25) is 0 Å². The van der Waals surface area contributed by atoms with Gasteiger partial charge >= 0.3 is 0 Å². The predicted molar refractivity (Wildman–Crippen MR) is 70.0 cm³/mol. The maximum atomic E-state index is 9.06. The van der Waals surface area contributed by atoms with E-state index in [0.717, 1.165) is 5.56 Å². The maximum absolute atomic E-state index is 9.06. The fourth-order valence-electron chi connectivity index (χ4n) is 1.79. The first-order valence-corrected chi connectivity index (χ1v) is 5.97. The molecule has 0 aliphatic rings. The Balaban J connectivity index is 2.58. The molecule has 0 amide bonds. The van der Waals surface area contributed by atoms with E-state index < -0.39 is 0 Å². The van der Waals surface area contributed by atoms with E-state index in [0.29, 0.717) is 25.1 Å². The lowest BCUT2D eigenvalue weighted by Crippen LogP contribution is -2.46. The standard InChI is InChI=1S/C14H20N2O2/c1-14(7-8-17,11-18-2)16-10-13-5-3-12(9-15)4-6-13/h3-6,16-17H,7-8,10-11H2,1-2H3. The largest absolute Gasteiger partial charge is 0.396 e. The zero-order valence-corrected chi connectivity index (χ0v) is 10.9. The SMILES string of the molecule is COCC(C)(CCO)NCc1ccc(C#N)cc1. The van der Waals surface area contributed by atoms with Gasteiger partial charge in [0.15, 0.2) is 0 Å². The molecule has 1 aromatic rings. The minimum Gasteiger partial charge on any atom is -0.396 e. The van der Waals surface area contributed by atoms with Crippen LogP contribution in [0.1, 0.15) is 24.5 Å². The molecule has 0 spiro atoms. The third kappa shape index (κ3) is 4.46. The molecule has 1 atom stereocenters. The van der Waals surface area contributed by atoms with Gasteiger partial charge in [-0.15, -0.1) is 0 Å². The summed E-state index contributed by atoms with van der Waals surface area (Å²) < 4.78 is 5.17. The lowest BCUT2D eigenvalue weighted by molar-refractivity contribution is 0.0969. The fraction of sp³-hybridized carbons (Fsp3) is 0.500. The summed E-state index contributed by atoms with van der Waals surface area (Å²) in [5.41, 5.74) is 1.53. The highest BCUT2D eigenvalue weighted by Gasteiger charge is 2.22. The fourth-order valence-corrected chi connectivity index (χ4v) is 1.79. The van der Waals surface area contributed by atoms with E-state index >= 15 is 0 Å². The van der Waals surface area contributed by atoms with Crippen LogP contribution < -0.4 is 5.32 Å². The van der Waals surface area contributed by atoms with E-state index in [1.165, 1.54) is 0 Å². The van der Waals surface area contributed by atoms with Crippen LogP contribution in [0.4, 0.5) is 0 Å². The molecular formula is C14H20N2O2. The number of nitrogens with one attached hydrogen (secondary N) is 1. The second kappa shape index (κ2) is 7.12. The van der Waals surface area contributed by atoms with Crippen LogP contribution in [-0.4, -0.2) is 31.0 Å². The molecule has 0 aromatic heterocycles. The van der Waals surface area contributed by atoms with Crippen molar-refractivity contribution in [2.45, 2.75) is 25.4 Å². The van der Waals surface area contributed by atoms with Crippen molar-refractivity contribution in [1.82, 2.24) is 5.32 Å². The van der Waals surface area contributed by atoms with Crippen LogP contribution in [0.25, 0.3) is 0 Å². The Kier molecular flexibility index (Phi) is 5.79. The summed E-state index contributed by atoms with van der Waals surface area (Å²) in [7, 11) is 1.65. The van der Waals surface area contributed by atoms with Gasteiger partial charge in [-0.25, -0.2) is 0 Å². The van der Waals surface area contributed by atoms with Gasteiger partial charge in [-0.3, -0.25) is 0 Å². The summed E-state index contributed by atoms with van der Waals surface area (Å²) in [4.78, 5) is 0. The van der Waals surface area contributed by atoms with Gasteiger partial charge in [-0.1, -0.05) is 12.1 Å². The number of aliphatic hydroxyl groups is 1. The Morgan fingerprint density at radius 1 is 1.39 bits per heavy atom. The van der Waals surface area contributed by atoms with Gasteiger partial charge in [-0.05, 0) is 31.0 Å². The summed E-state index contributed by atoms with van der Waals surface area (Å²) in [5.74, 6) is 0. The molecule has 1 aromatic carbocycles. The molecule has 98 valence electrons. The first-order chi connectivity index (χ1) is 8.63. The quantitative estimate of drug-likeness (QED) is 0.766. The third-order valence-corrected chi connectivity index (χ3v) is 2.93. The number of ether oxygens (including phenoxy) is 1. The highest BCUT2D eigenvalue weighted by atomic mass is 16.5. The van der Waals surface area contributed by atoms with Crippen LogP contribution in [-0.2, 0) is 11.3 Å². The van der Waals surface area contributed by atoms with Crippen molar-refractivity contribution in [2.24, 2.45) is 0 Å². The van der Waals surface area contributed by atoms with Crippen LogP contribution in [0.2, 0.25) is 0 Å². The predicted octanol–water partition coefficient (Wildman–Crippen LogP) is 1.44. The monoisotopic (exact) mass is 248 g/mol.